The summed E-state index contributed by atoms with van der Waals surface area (Å²) in [6.45, 7) is 9.48. The number of hydrogen-bond donors (Lipinski definition) is 0. The Morgan fingerprint density at radius 3 is 0.719 bits per heavy atom. The maximum atomic E-state index is 2.51. The van der Waals surface area contributed by atoms with Crippen molar-refractivity contribution < 1.29 is 0 Å². The fraction of sp³-hybridized carbons (Fsp3) is 1.00. The largest absolute Gasteiger partial charge is 0.0654 e. The van der Waals surface area contributed by atoms with Crippen LogP contribution in [0.5, 0.6) is 0 Å². The average molecular weight is 451 g/mol. The molecule has 0 aliphatic heterocycles. The van der Waals surface area contributed by atoms with E-state index in [0.29, 0.717) is 5.41 Å². The number of rotatable bonds is 27. The Morgan fingerprint density at radius 2 is 0.500 bits per heavy atom. The van der Waals surface area contributed by atoms with Crippen molar-refractivity contribution in [3.05, 3.63) is 0 Å². The highest BCUT2D eigenvalue weighted by Crippen LogP contribution is 2.40. The topological polar surface area (TPSA) is 0 Å². The minimum absolute atomic E-state index is 0.674. The van der Waals surface area contributed by atoms with Gasteiger partial charge in [-0.2, -0.15) is 0 Å². The summed E-state index contributed by atoms with van der Waals surface area (Å²) in [5, 5.41) is 0. The molecule has 0 aromatic heterocycles. The summed E-state index contributed by atoms with van der Waals surface area (Å²) >= 11 is 0. The van der Waals surface area contributed by atoms with Crippen LogP contribution in [0.1, 0.15) is 201 Å². The van der Waals surface area contributed by atoms with E-state index in [4.69, 9.17) is 0 Å². The molecule has 0 aromatic carbocycles. The van der Waals surface area contributed by atoms with Crippen LogP contribution in [0.2, 0.25) is 0 Å². The van der Waals surface area contributed by atoms with Gasteiger partial charge in [-0.05, 0) is 24.7 Å². The summed E-state index contributed by atoms with van der Waals surface area (Å²) in [6, 6.07) is 0. The zero-order valence-corrected chi connectivity index (χ0v) is 23.6. The van der Waals surface area contributed by atoms with E-state index < -0.39 is 0 Å². The van der Waals surface area contributed by atoms with E-state index in [9.17, 15) is 0 Å². The van der Waals surface area contributed by atoms with Crippen LogP contribution in [-0.2, 0) is 0 Å². The van der Waals surface area contributed by atoms with Crippen molar-refractivity contribution in [3.8, 4) is 0 Å². The van der Waals surface area contributed by atoms with Gasteiger partial charge in [-0.1, -0.05) is 182 Å². The molecule has 0 nitrogen and oxygen atoms in total. The lowest BCUT2D eigenvalue weighted by atomic mass is 9.72. The van der Waals surface area contributed by atoms with Gasteiger partial charge in [0.2, 0.25) is 0 Å². The highest BCUT2D eigenvalue weighted by atomic mass is 14.3. The first-order valence-corrected chi connectivity index (χ1v) is 15.7. The van der Waals surface area contributed by atoms with Gasteiger partial charge in [0.05, 0.1) is 0 Å². The van der Waals surface area contributed by atoms with Crippen molar-refractivity contribution >= 4 is 0 Å². The average Bonchev–Trinajstić information content (AvgIpc) is 2.81. The molecule has 0 heterocycles. The Morgan fingerprint density at radius 1 is 0.281 bits per heavy atom. The Kier molecular flexibility index (Phi) is 25.6. The fourth-order valence-electron chi connectivity index (χ4n) is 5.63. The van der Waals surface area contributed by atoms with E-state index >= 15 is 0 Å². The van der Waals surface area contributed by atoms with Crippen LogP contribution in [0, 0.1) is 5.41 Å². The van der Waals surface area contributed by atoms with Crippen LogP contribution < -0.4 is 0 Å². The summed E-state index contributed by atoms with van der Waals surface area (Å²) in [4.78, 5) is 0. The minimum atomic E-state index is 0.674. The van der Waals surface area contributed by atoms with Crippen molar-refractivity contribution in [1.82, 2.24) is 0 Å². The third-order valence-corrected chi connectivity index (χ3v) is 8.18. The molecule has 0 heteroatoms. The minimum Gasteiger partial charge on any atom is -0.0654 e. The van der Waals surface area contributed by atoms with Crippen LogP contribution >= 0.6 is 0 Å². The molecule has 0 saturated heterocycles. The Hall–Kier alpha value is 0. The Labute approximate surface area is 206 Å². The smallest absolute Gasteiger partial charge is 0.0300 e. The van der Waals surface area contributed by atoms with Crippen molar-refractivity contribution in [2.75, 3.05) is 0 Å². The standard InChI is InChI=1S/C32H66/c1-5-9-12-15-18-21-24-27-30-32(8-4,29-26-23-20-17-14-11-7-3)31-28-25-22-19-16-13-10-6-2/h5-31H2,1-4H3. The molecule has 0 rings (SSSR count). The van der Waals surface area contributed by atoms with E-state index in [1.165, 1.54) is 173 Å². The fourth-order valence-corrected chi connectivity index (χ4v) is 5.63. The molecule has 0 radical (unpaired) electrons. The molecule has 0 fully saturated rings. The molecular weight excluding hydrogens is 384 g/mol. The summed E-state index contributed by atoms with van der Waals surface area (Å²) in [6.07, 6.45) is 39.6. The first kappa shape index (κ1) is 32.0. The van der Waals surface area contributed by atoms with Crippen molar-refractivity contribution in [1.29, 1.82) is 0 Å². The first-order chi connectivity index (χ1) is 15.7. The molecular formula is C32H66. The third-order valence-electron chi connectivity index (χ3n) is 8.18. The van der Waals surface area contributed by atoms with Crippen molar-refractivity contribution in [2.24, 2.45) is 5.41 Å². The summed E-state index contributed by atoms with van der Waals surface area (Å²) in [5.41, 5.74) is 0.674. The van der Waals surface area contributed by atoms with Crippen molar-refractivity contribution in [2.45, 2.75) is 201 Å². The van der Waals surface area contributed by atoms with E-state index in [1.54, 1.807) is 0 Å². The van der Waals surface area contributed by atoms with Gasteiger partial charge in [-0.25, -0.2) is 0 Å². The normalized spacial score (nSPS) is 12.0. The molecule has 0 aromatic rings. The van der Waals surface area contributed by atoms with E-state index in [-0.39, 0.29) is 0 Å². The van der Waals surface area contributed by atoms with Gasteiger partial charge in [0.15, 0.2) is 0 Å². The van der Waals surface area contributed by atoms with Crippen LogP contribution in [0.3, 0.4) is 0 Å². The van der Waals surface area contributed by atoms with Gasteiger partial charge >= 0.3 is 0 Å². The third kappa shape index (κ3) is 20.6. The molecule has 0 N–H and O–H groups in total. The van der Waals surface area contributed by atoms with Gasteiger partial charge < -0.3 is 0 Å². The highest BCUT2D eigenvalue weighted by molar-refractivity contribution is 4.78. The monoisotopic (exact) mass is 451 g/mol. The highest BCUT2D eigenvalue weighted by Gasteiger charge is 2.26. The van der Waals surface area contributed by atoms with Crippen LogP contribution in [0.4, 0.5) is 0 Å². The van der Waals surface area contributed by atoms with Crippen LogP contribution in [0.25, 0.3) is 0 Å². The maximum Gasteiger partial charge on any atom is -0.0300 e. The lowest BCUT2D eigenvalue weighted by molar-refractivity contribution is 0.186. The second-order valence-electron chi connectivity index (χ2n) is 11.2. The zero-order chi connectivity index (χ0) is 23.6. The van der Waals surface area contributed by atoms with Gasteiger partial charge in [0.1, 0.15) is 0 Å². The SMILES string of the molecule is CCCCCCCCCCC(CC)(CCCCCCCCC)CCCCCCCCCC. The van der Waals surface area contributed by atoms with Gasteiger partial charge in [0, 0.05) is 0 Å². The molecule has 0 bridgehead atoms. The quantitative estimate of drug-likeness (QED) is 0.109. The second kappa shape index (κ2) is 25.6. The zero-order valence-electron chi connectivity index (χ0n) is 23.6. The van der Waals surface area contributed by atoms with Gasteiger partial charge in [-0.15, -0.1) is 0 Å². The molecule has 0 aliphatic carbocycles. The molecule has 0 unspecified atom stereocenters. The molecule has 32 heavy (non-hydrogen) atoms. The lowest BCUT2D eigenvalue weighted by Crippen LogP contribution is -2.20. The Bertz CT molecular complexity index is 311. The van der Waals surface area contributed by atoms with Crippen LogP contribution in [-0.4, -0.2) is 0 Å². The summed E-state index contributed by atoms with van der Waals surface area (Å²) in [5.74, 6) is 0. The Balaban J connectivity index is 4.22. The molecule has 0 saturated carbocycles. The predicted molar refractivity (Wildman–Crippen MR) is 150 cm³/mol. The summed E-state index contributed by atoms with van der Waals surface area (Å²) < 4.78 is 0. The molecule has 0 aliphatic rings. The number of hydrogen-bond acceptors (Lipinski definition) is 0. The van der Waals surface area contributed by atoms with Crippen molar-refractivity contribution in [3.63, 3.8) is 0 Å². The molecule has 0 atom stereocenters. The van der Waals surface area contributed by atoms with E-state index in [2.05, 4.69) is 27.7 Å². The van der Waals surface area contributed by atoms with Gasteiger partial charge in [-0.3, -0.25) is 0 Å². The second-order valence-corrected chi connectivity index (χ2v) is 11.2. The van der Waals surface area contributed by atoms with Crippen LogP contribution in [0.15, 0.2) is 0 Å². The van der Waals surface area contributed by atoms with Gasteiger partial charge in [0.25, 0.3) is 0 Å². The lowest BCUT2D eigenvalue weighted by Gasteiger charge is -2.34. The predicted octanol–water partition coefficient (Wildman–Crippen LogP) is 12.6. The molecule has 194 valence electrons. The first-order valence-electron chi connectivity index (χ1n) is 15.7. The van der Waals surface area contributed by atoms with E-state index in [0.717, 1.165) is 0 Å². The molecule has 0 amide bonds. The maximum absolute atomic E-state index is 2.51. The molecule has 0 spiro atoms. The summed E-state index contributed by atoms with van der Waals surface area (Å²) in [7, 11) is 0. The number of unbranched alkanes of at least 4 members (excludes halogenated alkanes) is 20. The van der Waals surface area contributed by atoms with E-state index in [1.807, 2.05) is 0 Å².